The average Bonchev–Trinajstić information content (AvgIpc) is 2.54. The molecule has 0 aliphatic rings. The van der Waals surface area contributed by atoms with E-state index < -0.39 is 0 Å². The molecule has 0 heterocycles. The lowest BCUT2D eigenvalue weighted by molar-refractivity contribution is 0.164. The lowest BCUT2D eigenvalue weighted by Gasteiger charge is -2.15. The van der Waals surface area contributed by atoms with Crippen LogP contribution in [-0.2, 0) is 6.42 Å². The van der Waals surface area contributed by atoms with Crippen molar-refractivity contribution in [3.05, 3.63) is 78.4 Å². The van der Waals surface area contributed by atoms with Gasteiger partial charge in [-0.2, -0.15) is 5.48 Å². The van der Waals surface area contributed by atoms with Gasteiger partial charge in [-0.1, -0.05) is 66.7 Å². The van der Waals surface area contributed by atoms with Gasteiger partial charge in [-0.25, -0.2) is 0 Å². The highest BCUT2D eigenvalue weighted by molar-refractivity contribution is 5.88. The maximum absolute atomic E-state index is 5.80. The molecule has 3 aromatic rings. The SMILES string of the molecule is CC(Cc1ccccc1)NOc1cccc2ccccc12. The first-order chi connectivity index (χ1) is 10.3. The lowest BCUT2D eigenvalue weighted by Crippen LogP contribution is -2.31. The summed E-state index contributed by atoms with van der Waals surface area (Å²) in [6.07, 6.45) is 0.936. The molecular formula is C19H19NO. The zero-order valence-corrected chi connectivity index (χ0v) is 12.1. The van der Waals surface area contributed by atoms with E-state index in [4.69, 9.17) is 4.84 Å². The van der Waals surface area contributed by atoms with Crippen LogP contribution in [0.15, 0.2) is 72.8 Å². The van der Waals surface area contributed by atoms with Crippen molar-refractivity contribution >= 4 is 10.8 Å². The van der Waals surface area contributed by atoms with Crippen molar-refractivity contribution < 1.29 is 4.84 Å². The van der Waals surface area contributed by atoms with Crippen molar-refractivity contribution in [1.29, 1.82) is 0 Å². The molecule has 106 valence electrons. The Morgan fingerprint density at radius 2 is 1.57 bits per heavy atom. The van der Waals surface area contributed by atoms with Crippen molar-refractivity contribution in [3.63, 3.8) is 0 Å². The largest absolute Gasteiger partial charge is 0.408 e. The first kappa shape index (κ1) is 13.7. The quantitative estimate of drug-likeness (QED) is 0.700. The smallest absolute Gasteiger partial charge is 0.154 e. The Hall–Kier alpha value is -2.32. The highest BCUT2D eigenvalue weighted by atomic mass is 16.6. The van der Waals surface area contributed by atoms with Crippen LogP contribution in [0.2, 0.25) is 0 Å². The Morgan fingerprint density at radius 3 is 2.43 bits per heavy atom. The zero-order valence-electron chi connectivity index (χ0n) is 12.1. The summed E-state index contributed by atoms with van der Waals surface area (Å²) in [4.78, 5) is 5.80. The summed E-state index contributed by atoms with van der Waals surface area (Å²) >= 11 is 0. The Labute approximate surface area is 125 Å². The van der Waals surface area contributed by atoms with Crippen molar-refractivity contribution in [3.8, 4) is 5.75 Å². The molecule has 21 heavy (non-hydrogen) atoms. The first-order valence-electron chi connectivity index (χ1n) is 7.27. The second-order valence-corrected chi connectivity index (χ2v) is 5.29. The van der Waals surface area contributed by atoms with Gasteiger partial charge in [0.1, 0.15) is 0 Å². The van der Waals surface area contributed by atoms with Crippen LogP contribution in [-0.4, -0.2) is 6.04 Å². The third-order valence-electron chi connectivity index (χ3n) is 3.50. The minimum absolute atomic E-state index is 0.242. The third-order valence-corrected chi connectivity index (χ3v) is 3.50. The van der Waals surface area contributed by atoms with Gasteiger partial charge in [-0.05, 0) is 30.4 Å². The summed E-state index contributed by atoms with van der Waals surface area (Å²) in [6.45, 7) is 2.12. The second-order valence-electron chi connectivity index (χ2n) is 5.29. The maximum atomic E-state index is 5.80. The Bertz CT molecular complexity index is 704. The average molecular weight is 277 g/mol. The molecule has 3 aromatic carbocycles. The van der Waals surface area contributed by atoms with E-state index in [1.807, 2.05) is 30.3 Å². The molecule has 0 bridgehead atoms. The standard InChI is InChI=1S/C19H19NO/c1-15(14-16-8-3-2-4-9-16)20-21-19-13-7-11-17-10-5-6-12-18(17)19/h2-13,15,20H,14H2,1H3. The van der Waals surface area contributed by atoms with Gasteiger partial charge >= 0.3 is 0 Å². The van der Waals surface area contributed by atoms with Gasteiger partial charge < -0.3 is 4.84 Å². The molecule has 3 rings (SSSR count). The first-order valence-corrected chi connectivity index (χ1v) is 7.27. The van der Waals surface area contributed by atoms with Crippen LogP contribution < -0.4 is 10.3 Å². The van der Waals surface area contributed by atoms with E-state index in [2.05, 4.69) is 54.9 Å². The van der Waals surface area contributed by atoms with E-state index >= 15 is 0 Å². The van der Waals surface area contributed by atoms with Crippen LogP contribution in [0.25, 0.3) is 10.8 Å². The highest BCUT2D eigenvalue weighted by Crippen LogP contribution is 2.24. The van der Waals surface area contributed by atoms with Gasteiger partial charge in [0.25, 0.3) is 0 Å². The van der Waals surface area contributed by atoms with Gasteiger partial charge in [0, 0.05) is 11.4 Å². The Kier molecular flexibility index (Phi) is 4.17. The summed E-state index contributed by atoms with van der Waals surface area (Å²) < 4.78 is 0. The Balaban J connectivity index is 1.66. The van der Waals surface area contributed by atoms with Crippen molar-refractivity contribution in [1.82, 2.24) is 5.48 Å². The van der Waals surface area contributed by atoms with Gasteiger partial charge in [-0.15, -0.1) is 0 Å². The topological polar surface area (TPSA) is 21.3 Å². The molecule has 0 aromatic heterocycles. The molecule has 0 saturated heterocycles. The minimum Gasteiger partial charge on any atom is -0.408 e. The van der Waals surface area contributed by atoms with Gasteiger partial charge in [0.2, 0.25) is 0 Å². The summed E-state index contributed by atoms with van der Waals surface area (Å²) in [5, 5.41) is 2.31. The molecule has 0 radical (unpaired) electrons. The Morgan fingerprint density at radius 1 is 0.857 bits per heavy atom. The highest BCUT2D eigenvalue weighted by Gasteiger charge is 2.06. The van der Waals surface area contributed by atoms with Crippen LogP contribution in [0.4, 0.5) is 0 Å². The molecule has 1 unspecified atom stereocenters. The summed E-state index contributed by atoms with van der Waals surface area (Å²) in [6, 6.07) is 25.0. The van der Waals surface area contributed by atoms with Crippen LogP contribution in [0.5, 0.6) is 5.75 Å². The summed E-state index contributed by atoms with van der Waals surface area (Å²) in [7, 11) is 0. The number of hydroxylamine groups is 1. The van der Waals surface area contributed by atoms with Crippen molar-refractivity contribution in [2.24, 2.45) is 0 Å². The van der Waals surface area contributed by atoms with Gasteiger partial charge in [-0.3, -0.25) is 0 Å². The number of rotatable bonds is 5. The minimum atomic E-state index is 0.242. The number of fused-ring (bicyclic) bond motifs is 1. The second kappa shape index (κ2) is 6.42. The monoisotopic (exact) mass is 277 g/mol. The number of hydrogen-bond acceptors (Lipinski definition) is 2. The fourth-order valence-corrected chi connectivity index (χ4v) is 2.46. The van der Waals surface area contributed by atoms with Crippen molar-refractivity contribution in [2.75, 3.05) is 0 Å². The number of benzene rings is 3. The zero-order chi connectivity index (χ0) is 14.5. The van der Waals surface area contributed by atoms with E-state index in [0.717, 1.165) is 17.6 Å². The van der Waals surface area contributed by atoms with Crippen LogP contribution in [0.1, 0.15) is 12.5 Å². The molecule has 1 N–H and O–H groups in total. The van der Waals surface area contributed by atoms with Crippen molar-refractivity contribution in [2.45, 2.75) is 19.4 Å². The molecule has 0 saturated carbocycles. The van der Waals surface area contributed by atoms with Crippen LogP contribution in [0, 0.1) is 0 Å². The summed E-state index contributed by atoms with van der Waals surface area (Å²) in [5.74, 6) is 0.869. The molecule has 0 spiro atoms. The summed E-state index contributed by atoms with van der Waals surface area (Å²) in [5.41, 5.74) is 4.44. The number of nitrogens with one attached hydrogen (secondary N) is 1. The molecule has 1 atom stereocenters. The molecule has 2 heteroatoms. The third kappa shape index (κ3) is 3.41. The lowest BCUT2D eigenvalue weighted by atomic mass is 10.1. The predicted octanol–water partition coefficient (Wildman–Crippen LogP) is 4.35. The fraction of sp³-hybridized carbons (Fsp3) is 0.158. The molecule has 2 nitrogen and oxygen atoms in total. The van der Waals surface area contributed by atoms with Gasteiger partial charge in [0.05, 0.1) is 0 Å². The van der Waals surface area contributed by atoms with E-state index in [1.54, 1.807) is 0 Å². The van der Waals surface area contributed by atoms with Gasteiger partial charge in [0.15, 0.2) is 5.75 Å². The van der Waals surface area contributed by atoms with Crippen LogP contribution >= 0.6 is 0 Å². The van der Waals surface area contributed by atoms with E-state index in [-0.39, 0.29) is 6.04 Å². The normalized spacial score (nSPS) is 12.2. The van der Waals surface area contributed by atoms with E-state index in [9.17, 15) is 0 Å². The fourth-order valence-electron chi connectivity index (χ4n) is 2.46. The van der Waals surface area contributed by atoms with Crippen LogP contribution in [0.3, 0.4) is 0 Å². The molecule has 0 aliphatic heterocycles. The molecule has 0 fully saturated rings. The predicted molar refractivity (Wildman–Crippen MR) is 87.3 cm³/mol. The maximum Gasteiger partial charge on any atom is 0.154 e. The molecule has 0 aliphatic carbocycles. The van der Waals surface area contributed by atoms with E-state index in [0.29, 0.717) is 0 Å². The molecular weight excluding hydrogens is 258 g/mol. The number of hydrogen-bond donors (Lipinski definition) is 1. The van der Waals surface area contributed by atoms with E-state index in [1.165, 1.54) is 10.9 Å². The molecule has 0 amide bonds.